The van der Waals surface area contributed by atoms with Gasteiger partial charge in [0.25, 0.3) is 0 Å². The molecule has 2 N–H and O–H groups in total. The number of hydrogen-bond acceptors (Lipinski definition) is 7. The molecule has 0 radical (unpaired) electrons. The number of carbonyl (C=O) groups excluding carboxylic acids is 1. The van der Waals surface area contributed by atoms with E-state index in [-0.39, 0.29) is 12.2 Å². The molecule has 5 aromatic rings. The number of hydrogen-bond donors (Lipinski definition) is 2. The molecule has 0 aliphatic rings. The Labute approximate surface area is 189 Å². The Morgan fingerprint density at radius 3 is 2.85 bits per heavy atom. The van der Waals surface area contributed by atoms with E-state index >= 15 is 0 Å². The monoisotopic (exact) mass is 439 g/mol. The highest BCUT2D eigenvalue weighted by Crippen LogP contribution is 2.30. The van der Waals surface area contributed by atoms with Crippen molar-refractivity contribution < 1.29 is 13.9 Å². The van der Waals surface area contributed by atoms with Crippen molar-refractivity contribution in [2.24, 2.45) is 0 Å². The largest absolute Gasteiger partial charge is 0.494 e. The molecule has 0 aliphatic carbocycles. The van der Waals surface area contributed by atoms with E-state index in [9.17, 15) is 4.79 Å². The molecule has 33 heavy (non-hydrogen) atoms. The Hall–Kier alpha value is -4.46. The van der Waals surface area contributed by atoms with Gasteiger partial charge in [-0.2, -0.15) is 5.10 Å². The number of carbonyl (C=O) groups is 1. The van der Waals surface area contributed by atoms with Crippen LogP contribution in [0.4, 0.5) is 11.6 Å². The third-order valence-corrected chi connectivity index (χ3v) is 5.13. The summed E-state index contributed by atoms with van der Waals surface area (Å²) in [5.74, 6) is 2.62. The van der Waals surface area contributed by atoms with Crippen molar-refractivity contribution in [1.82, 2.24) is 20.2 Å². The van der Waals surface area contributed by atoms with Gasteiger partial charge in [0.15, 0.2) is 11.6 Å². The van der Waals surface area contributed by atoms with E-state index < -0.39 is 0 Å². The minimum atomic E-state index is -0.00890. The first kappa shape index (κ1) is 20.4. The summed E-state index contributed by atoms with van der Waals surface area (Å²) >= 11 is 0. The first-order valence-electron chi connectivity index (χ1n) is 10.6. The van der Waals surface area contributed by atoms with Gasteiger partial charge in [-0.25, -0.2) is 9.97 Å². The van der Waals surface area contributed by atoms with E-state index in [1.165, 1.54) is 12.5 Å². The molecule has 2 aromatic carbocycles. The molecule has 5 rings (SSSR count). The van der Waals surface area contributed by atoms with Crippen LogP contribution >= 0.6 is 0 Å². The number of H-pyrrole nitrogens is 1. The molecule has 8 nitrogen and oxygen atoms in total. The van der Waals surface area contributed by atoms with Crippen molar-refractivity contribution in [2.75, 3.05) is 11.9 Å². The predicted molar refractivity (Wildman–Crippen MR) is 125 cm³/mol. The SMILES string of the molecule is CCOc1ccc2nc(-c3cccc(CC(=O)c4ccoc4)c3)nc(Nc3ccn[nH]3)c2c1. The summed E-state index contributed by atoms with van der Waals surface area (Å²) in [4.78, 5) is 22.1. The van der Waals surface area contributed by atoms with E-state index in [1.807, 2.05) is 55.5 Å². The predicted octanol–water partition coefficient (Wildman–Crippen LogP) is 5.18. The molecule has 0 unspecified atom stereocenters. The number of rotatable bonds is 8. The van der Waals surface area contributed by atoms with Gasteiger partial charge < -0.3 is 14.5 Å². The van der Waals surface area contributed by atoms with Crippen LogP contribution in [0.5, 0.6) is 5.75 Å². The summed E-state index contributed by atoms with van der Waals surface area (Å²) in [6.07, 6.45) is 4.89. The summed E-state index contributed by atoms with van der Waals surface area (Å²) in [6, 6.07) is 16.9. The van der Waals surface area contributed by atoms with Crippen LogP contribution in [0.3, 0.4) is 0 Å². The highest BCUT2D eigenvalue weighted by Gasteiger charge is 2.14. The van der Waals surface area contributed by atoms with Crippen LogP contribution in [-0.2, 0) is 6.42 Å². The van der Waals surface area contributed by atoms with Crippen LogP contribution in [0.15, 0.2) is 77.7 Å². The van der Waals surface area contributed by atoms with Crippen molar-refractivity contribution in [2.45, 2.75) is 13.3 Å². The van der Waals surface area contributed by atoms with Gasteiger partial charge in [0, 0.05) is 23.4 Å². The summed E-state index contributed by atoms with van der Waals surface area (Å²) < 4.78 is 10.7. The number of furan rings is 1. The fourth-order valence-electron chi connectivity index (χ4n) is 3.57. The normalized spacial score (nSPS) is 10.9. The quantitative estimate of drug-likeness (QED) is 0.321. The van der Waals surface area contributed by atoms with E-state index in [2.05, 4.69) is 15.5 Å². The molecular weight excluding hydrogens is 418 g/mol. The maximum absolute atomic E-state index is 12.5. The number of aromatic amines is 1. The fraction of sp³-hybridized carbons (Fsp3) is 0.120. The van der Waals surface area contributed by atoms with Gasteiger partial charge in [-0.1, -0.05) is 18.2 Å². The van der Waals surface area contributed by atoms with Crippen LogP contribution in [0, 0.1) is 0 Å². The molecule has 0 bridgehead atoms. The Balaban J connectivity index is 1.54. The molecule has 0 saturated carbocycles. The Morgan fingerprint density at radius 2 is 2.06 bits per heavy atom. The molecular formula is C25H21N5O3. The van der Waals surface area contributed by atoms with Gasteiger partial charge in [-0.15, -0.1) is 0 Å². The fourth-order valence-corrected chi connectivity index (χ4v) is 3.57. The minimum absolute atomic E-state index is 0.00890. The first-order chi connectivity index (χ1) is 16.2. The number of ether oxygens (including phenoxy) is 1. The van der Waals surface area contributed by atoms with Crippen molar-refractivity contribution >= 4 is 28.3 Å². The topological polar surface area (TPSA) is 106 Å². The molecule has 0 spiro atoms. The zero-order valence-electron chi connectivity index (χ0n) is 17.9. The second-order valence-electron chi connectivity index (χ2n) is 7.42. The lowest BCUT2D eigenvalue weighted by Gasteiger charge is -2.12. The first-order valence-corrected chi connectivity index (χ1v) is 10.6. The number of nitrogens with zero attached hydrogens (tertiary/aromatic N) is 3. The lowest BCUT2D eigenvalue weighted by molar-refractivity contribution is 0.0992. The number of nitrogens with one attached hydrogen (secondary N) is 2. The second-order valence-corrected chi connectivity index (χ2v) is 7.42. The average molecular weight is 439 g/mol. The number of Topliss-reactive ketones (excluding diaryl/α,β-unsaturated/α-hetero) is 1. The standard InChI is InChI=1S/C25H21N5O3/c1-2-33-19-6-7-21-20(14-19)25(28-23-8-10-26-30-23)29-24(27-21)17-5-3-4-16(12-17)13-22(31)18-9-11-32-15-18/h3-12,14-15H,2,13H2,1H3,(H2,26,27,28,29,30). The molecule has 0 amide bonds. The van der Waals surface area contributed by atoms with Crippen LogP contribution in [0.2, 0.25) is 0 Å². The molecule has 8 heteroatoms. The van der Waals surface area contributed by atoms with Crippen molar-refractivity contribution in [3.63, 3.8) is 0 Å². The van der Waals surface area contributed by atoms with E-state index in [0.29, 0.717) is 29.6 Å². The Morgan fingerprint density at radius 1 is 1.12 bits per heavy atom. The number of fused-ring (bicyclic) bond motifs is 1. The van der Waals surface area contributed by atoms with Crippen molar-refractivity contribution in [3.8, 4) is 17.1 Å². The molecule has 0 atom stereocenters. The molecule has 3 heterocycles. The van der Waals surface area contributed by atoms with Crippen molar-refractivity contribution in [3.05, 3.63) is 84.4 Å². The number of ketones is 1. The third kappa shape index (κ3) is 4.45. The van der Waals surface area contributed by atoms with E-state index in [0.717, 1.165) is 27.8 Å². The van der Waals surface area contributed by atoms with Crippen LogP contribution in [0.25, 0.3) is 22.3 Å². The summed E-state index contributed by atoms with van der Waals surface area (Å²) in [5.41, 5.74) is 3.01. The number of anilines is 2. The van der Waals surface area contributed by atoms with Crippen LogP contribution < -0.4 is 10.1 Å². The minimum Gasteiger partial charge on any atom is -0.494 e. The smallest absolute Gasteiger partial charge is 0.170 e. The Bertz CT molecular complexity index is 1400. The molecule has 164 valence electrons. The van der Waals surface area contributed by atoms with Gasteiger partial charge >= 0.3 is 0 Å². The van der Waals surface area contributed by atoms with Gasteiger partial charge in [0.2, 0.25) is 0 Å². The molecule has 0 fully saturated rings. The van der Waals surface area contributed by atoms with Gasteiger partial charge in [-0.05, 0) is 42.8 Å². The highest BCUT2D eigenvalue weighted by molar-refractivity contribution is 5.97. The zero-order valence-corrected chi connectivity index (χ0v) is 17.9. The summed E-state index contributed by atoms with van der Waals surface area (Å²) in [5, 5.41) is 11.0. The number of benzene rings is 2. The van der Waals surface area contributed by atoms with Gasteiger partial charge in [0.1, 0.15) is 23.6 Å². The maximum atomic E-state index is 12.5. The maximum Gasteiger partial charge on any atom is 0.170 e. The van der Waals surface area contributed by atoms with E-state index in [4.69, 9.17) is 19.1 Å². The van der Waals surface area contributed by atoms with Gasteiger partial charge in [-0.3, -0.25) is 9.89 Å². The van der Waals surface area contributed by atoms with Crippen molar-refractivity contribution in [1.29, 1.82) is 0 Å². The Kier molecular flexibility index (Phi) is 5.55. The summed E-state index contributed by atoms with van der Waals surface area (Å²) in [6.45, 7) is 2.51. The van der Waals surface area contributed by atoms with Crippen LogP contribution in [-0.4, -0.2) is 32.6 Å². The average Bonchev–Trinajstić information content (AvgIpc) is 3.54. The summed E-state index contributed by atoms with van der Waals surface area (Å²) in [7, 11) is 0. The van der Waals surface area contributed by atoms with Gasteiger partial charge in [0.05, 0.1) is 30.1 Å². The highest BCUT2D eigenvalue weighted by atomic mass is 16.5. The second kappa shape index (κ2) is 8.96. The van der Waals surface area contributed by atoms with Crippen LogP contribution in [0.1, 0.15) is 22.8 Å². The molecule has 3 aromatic heterocycles. The lowest BCUT2D eigenvalue weighted by atomic mass is 10.0. The molecule has 0 saturated heterocycles. The third-order valence-electron chi connectivity index (χ3n) is 5.13. The van der Waals surface area contributed by atoms with E-state index in [1.54, 1.807) is 12.3 Å². The molecule has 0 aliphatic heterocycles. The zero-order chi connectivity index (χ0) is 22.6. The lowest BCUT2D eigenvalue weighted by Crippen LogP contribution is -2.03. The number of aromatic nitrogens is 4.